The molecule has 3 aromatic rings. The summed E-state index contributed by atoms with van der Waals surface area (Å²) in [6.07, 6.45) is 5.04. The van der Waals surface area contributed by atoms with E-state index in [-0.39, 0.29) is 0 Å². The summed E-state index contributed by atoms with van der Waals surface area (Å²) in [5.41, 5.74) is 2.09. The van der Waals surface area contributed by atoms with Crippen molar-refractivity contribution >= 4 is 44.8 Å². The Morgan fingerprint density at radius 3 is 1.56 bits per heavy atom. The third-order valence-corrected chi connectivity index (χ3v) is 7.84. The van der Waals surface area contributed by atoms with Crippen LogP contribution in [-0.4, -0.2) is 83.9 Å². The van der Waals surface area contributed by atoms with Gasteiger partial charge in [-0.2, -0.15) is 0 Å². The zero-order valence-electron chi connectivity index (χ0n) is 19.8. The molecule has 0 aliphatic carbocycles. The van der Waals surface area contributed by atoms with Gasteiger partial charge in [0, 0.05) is 57.7 Å². The fourth-order valence-electron chi connectivity index (χ4n) is 5.27. The molecule has 0 saturated carbocycles. The minimum absolute atomic E-state index is 1.04. The molecule has 34 heavy (non-hydrogen) atoms. The maximum atomic E-state index is 5.38. The topological polar surface area (TPSA) is 37.7 Å². The van der Waals surface area contributed by atoms with Gasteiger partial charge < -0.3 is 19.6 Å². The third-order valence-electron chi connectivity index (χ3n) is 7.84. The van der Waals surface area contributed by atoms with Crippen molar-refractivity contribution in [1.82, 2.24) is 19.6 Å². The highest BCUT2D eigenvalue weighted by Gasteiger charge is 2.29. The molecule has 7 rings (SSSR count). The summed E-state index contributed by atoms with van der Waals surface area (Å²) < 4.78 is 0. The van der Waals surface area contributed by atoms with Crippen LogP contribution in [0.25, 0.3) is 21.5 Å². The monoisotopic (exact) mass is 452 g/mol. The second kappa shape index (κ2) is 8.19. The molecule has 6 heteroatoms. The number of benzene rings is 3. The van der Waals surface area contributed by atoms with Crippen LogP contribution in [-0.2, 0) is 0 Å². The Labute approximate surface area is 201 Å². The minimum Gasteiger partial charge on any atom is -0.342 e. The Kier molecular flexibility index (Phi) is 4.85. The second-order valence-electron chi connectivity index (χ2n) is 10.0. The van der Waals surface area contributed by atoms with Crippen molar-refractivity contribution in [2.24, 2.45) is 9.98 Å². The highest BCUT2D eigenvalue weighted by atomic mass is 15.4. The first-order chi connectivity index (χ1) is 16.8. The van der Waals surface area contributed by atoms with E-state index in [0.29, 0.717) is 0 Å². The number of hydrogen-bond donors (Lipinski definition) is 0. The van der Waals surface area contributed by atoms with Crippen LogP contribution in [0.5, 0.6) is 0 Å². The fourth-order valence-corrected chi connectivity index (χ4v) is 5.27. The highest BCUT2D eigenvalue weighted by molar-refractivity contribution is 6.17. The zero-order valence-corrected chi connectivity index (χ0v) is 19.8. The van der Waals surface area contributed by atoms with E-state index in [2.05, 4.69) is 68.1 Å². The van der Waals surface area contributed by atoms with Crippen molar-refractivity contribution in [2.45, 2.75) is 25.7 Å². The van der Waals surface area contributed by atoms with Crippen LogP contribution >= 0.6 is 0 Å². The van der Waals surface area contributed by atoms with Crippen molar-refractivity contribution in [3.8, 4) is 0 Å². The molecule has 0 unspecified atom stereocenters. The van der Waals surface area contributed by atoms with Gasteiger partial charge in [0.15, 0.2) is 0 Å². The normalized spacial score (nSPS) is 19.3. The smallest absolute Gasteiger partial charge is 0.201 e. The maximum absolute atomic E-state index is 5.38. The van der Waals surface area contributed by atoms with E-state index in [1.54, 1.807) is 0 Å². The Hall–Kier alpha value is -3.28. The molecule has 6 nitrogen and oxygen atoms in total. The molecule has 0 amide bonds. The predicted octanol–water partition coefficient (Wildman–Crippen LogP) is 4.79. The van der Waals surface area contributed by atoms with E-state index in [0.717, 1.165) is 75.7 Å². The molecule has 4 heterocycles. The first-order valence-corrected chi connectivity index (χ1v) is 13.0. The van der Waals surface area contributed by atoms with Gasteiger partial charge in [0.1, 0.15) is 0 Å². The van der Waals surface area contributed by atoms with Crippen LogP contribution in [0.3, 0.4) is 0 Å². The van der Waals surface area contributed by atoms with E-state index >= 15 is 0 Å². The predicted molar refractivity (Wildman–Crippen MR) is 140 cm³/mol. The quantitative estimate of drug-likeness (QED) is 0.318. The summed E-state index contributed by atoms with van der Waals surface area (Å²) >= 11 is 0. The Bertz CT molecular complexity index is 1260. The number of nitrogens with zero attached hydrogens (tertiary/aromatic N) is 6. The molecular weight excluding hydrogens is 420 g/mol. The Balaban J connectivity index is 1.45. The molecule has 0 spiro atoms. The molecule has 0 N–H and O–H groups in total. The Morgan fingerprint density at radius 1 is 0.529 bits per heavy atom. The number of hydrogen-bond acceptors (Lipinski definition) is 2. The van der Waals surface area contributed by atoms with Crippen molar-refractivity contribution in [2.75, 3.05) is 52.4 Å². The van der Waals surface area contributed by atoms with Gasteiger partial charge in [-0.25, -0.2) is 9.98 Å². The molecule has 174 valence electrons. The number of rotatable bonds is 2. The maximum Gasteiger partial charge on any atom is 0.201 e. The molecule has 4 saturated heterocycles. The SMILES string of the molecule is c1ccc2c(c1)cc(N=C(N1CCC1)N1CCC1)c1c(N=C(N3CCC3)N3CCC3)cccc12. The molecular formula is C28H32N6. The van der Waals surface area contributed by atoms with Gasteiger partial charge in [-0.3, -0.25) is 0 Å². The van der Waals surface area contributed by atoms with Crippen LogP contribution in [0, 0.1) is 0 Å². The van der Waals surface area contributed by atoms with E-state index in [1.165, 1.54) is 47.2 Å². The molecule has 4 aliphatic rings. The van der Waals surface area contributed by atoms with Gasteiger partial charge in [-0.1, -0.05) is 36.4 Å². The van der Waals surface area contributed by atoms with Gasteiger partial charge in [0.05, 0.1) is 11.4 Å². The van der Waals surface area contributed by atoms with E-state index in [4.69, 9.17) is 9.98 Å². The lowest BCUT2D eigenvalue weighted by Gasteiger charge is -2.43. The van der Waals surface area contributed by atoms with Gasteiger partial charge in [-0.05, 0) is 54.0 Å². The summed E-state index contributed by atoms with van der Waals surface area (Å²) in [6, 6.07) is 17.6. The minimum atomic E-state index is 1.04. The first kappa shape index (κ1) is 20.1. The largest absolute Gasteiger partial charge is 0.342 e. The molecule has 0 atom stereocenters. The fraction of sp³-hybridized carbons (Fsp3) is 0.429. The molecule has 0 radical (unpaired) electrons. The van der Waals surface area contributed by atoms with Crippen LogP contribution in [0.1, 0.15) is 25.7 Å². The molecule has 3 aromatic carbocycles. The zero-order chi connectivity index (χ0) is 22.5. The number of guanidine groups is 2. The summed E-state index contributed by atoms with van der Waals surface area (Å²) in [5.74, 6) is 2.30. The molecule has 4 fully saturated rings. The first-order valence-electron chi connectivity index (χ1n) is 13.0. The summed E-state index contributed by atoms with van der Waals surface area (Å²) in [4.78, 5) is 20.5. The van der Waals surface area contributed by atoms with Gasteiger partial charge in [0.25, 0.3) is 0 Å². The van der Waals surface area contributed by atoms with Gasteiger partial charge in [-0.15, -0.1) is 0 Å². The number of fused-ring (bicyclic) bond motifs is 3. The van der Waals surface area contributed by atoms with Crippen LogP contribution in [0.2, 0.25) is 0 Å². The van der Waals surface area contributed by atoms with E-state index < -0.39 is 0 Å². The van der Waals surface area contributed by atoms with E-state index in [1.807, 2.05) is 0 Å². The summed E-state index contributed by atoms with van der Waals surface area (Å²) in [7, 11) is 0. The number of likely N-dealkylation sites (tertiary alicyclic amines) is 4. The summed E-state index contributed by atoms with van der Waals surface area (Å²) in [6.45, 7) is 8.90. The second-order valence-corrected chi connectivity index (χ2v) is 10.0. The van der Waals surface area contributed by atoms with Crippen molar-refractivity contribution < 1.29 is 0 Å². The Morgan fingerprint density at radius 2 is 1.03 bits per heavy atom. The average molecular weight is 453 g/mol. The summed E-state index contributed by atoms with van der Waals surface area (Å²) in [5, 5.41) is 4.94. The van der Waals surface area contributed by atoms with E-state index in [9.17, 15) is 0 Å². The van der Waals surface area contributed by atoms with Gasteiger partial charge in [0.2, 0.25) is 11.9 Å². The van der Waals surface area contributed by atoms with Crippen molar-refractivity contribution in [3.05, 3.63) is 48.5 Å². The molecule has 4 aliphatic heterocycles. The van der Waals surface area contributed by atoms with Crippen LogP contribution < -0.4 is 0 Å². The highest BCUT2D eigenvalue weighted by Crippen LogP contribution is 2.40. The van der Waals surface area contributed by atoms with Gasteiger partial charge >= 0.3 is 0 Å². The number of aliphatic imine (C=N–C) groups is 2. The molecule has 0 bridgehead atoms. The van der Waals surface area contributed by atoms with Crippen molar-refractivity contribution in [3.63, 3.8) is 0 Å². The standard InChI is InChI=1S/C28H32N6/c1-2-9-22-21(8-1)20-25(30-28(33-16-6-17-33)34-18-7-19-34)26-23(22)10-3-11-24(26)29-27(31-12-4-13-31)32-14-5-15-32/h1-3,8-11,20H,4-7,12-19H2. The lowest BCUT2D eigenvalue weighted by molar-refractivity contribution is 0.207. The van der Waals surface area contributed by atoms with Crippen molar-refractivity contribution in [1.29, 1.82) is 0 Å². The third kappa shape index (κ3) is 3.30. The van der Waals surface area contributed by atoms with Crippen LogP contribution in [0.4, 0.5) is 11.4 Å². The molecule has 0 aromatic heterocycles. The lowest BCUT2D eigenvalue weighted by atomic mass is 9.99. The average Bonchev–Trinajstić information content (AvgIpc) is 2.69. The lowest BCUT2D eigenvalue weighted by Crippen LogP contribution is -2.54. The van der Waals surface area contributed by atoms with Crippen LogP contribution in [0.15, 0.2) is 58.5 Å².